The summed E-state index contributed by atoms with van der Waals surface area (Å²) in [6.07, 6.45) is 0.237. The minimum Gasteiger partial charge on any atom is -0.454 e. The lowest BCUT2D eigenvalue weighted by atomic mass is 10.0. The number of thioether (sulfide) groups is 1. The number of nitrogens with zero attached hydrogens (tertiary/aromatic N) is 2. The summed E-state index contributed by atoms with van der Waals surface area (Å²) in [5, 5.41) is 16.2. The minimum absolute atomic E-state index is 0.160. The van der Waals surface area contributed by atoms with E-state index in [-0.39, 0.29) is 30.8 Å². The van der Waals surface area contributed by atoms with E-state index < -0.39 is 0 Å². The predicted octanol–water partition coefficient (Wildman–Crippen LogP) is 4.33. The van der Waals surface area contributed by atoms with Crippen LogP contribution >= 0.6 is 23.1 Å². The van der Waals surface area contributed by atoms with Gasteiger partial charge >= 0.3 is 0 Å². The van der Waals surface area contributed by atoms with Gasteiger partial charge in [0.05, 0.1) is 12.2 Å². The molecule has 10 heteroatoms. The van der Waals surface area contributed by atoms with E-state index in [0.717, 1.165) is 16.3 Å². The highest BCUT2D eigenvalue weighted by molar-refractivity contribution is 8.01. The van der Waals surface area contributed by atoms with Crippen LogP contribution in [0, 0.1) is 0 Å². The summed E-state index contributed by atoms with van der Waals surface area (Å²) < 4.78 is 11.2. The van der Waals surface area contributed by atoms with Gasteiger partial charge in [0.1, 0.15) is 0 Å². The quantitative estimate of drug-likeness (QED) is 0.301. The molecule has 2 N–H and O–H groups in total. The highest BCUT2D eigenvalue weighted by atomic mass is 32.2. The molecule has 0 saturated heterocycles. The number of carbonyl (C=O) groups excluding carboxylic acids is 2. The molecule has 0 unspecified atom stereocenters. The van der Waals surface area contributed by atoms with E-state index >= 15 is 0 Å². The van der Waals surface area contributed by atoms with Crippen molar-refractivity contribution in [2.24, 2.45) is 0 Å². The fourth-order valence-corrected chi connectivity index (χ4v) is 4.97. The molecule has 3 aromatic carbocycles. The molecule has 1 aliphatic heterocycles. The number of aromatic nitrogens is 2. The van der Waals surface area contributed by atoms with Crippen molar-refractivity contribution < 1.29 is 19.1 Å². The number of hydrogen-bond acceptors (Lipinski definition) is 8. The summed E-state index contributed by atoms with van der Waals surface area (Å²) >= 11 is 2.48. The average molecular weight is 479 g/mol. The molecule has 166 valence electrons. The second-order valence-electron chi connectivity index (χ2n) is 7.14. The second kappa shape index (κ2) is 9.47. The van der Waals surface area contributed by atoms with Gasteiger partial charge in [0, 0.05) is 11.8 Å². The fraction of sp³-hybridized carbons (Fsp3) is 0.130. The molecular weight excluding hydrogens is 460 g/mol. The molecule has 1 aromatic heterocycles. The van der Waals surface area contributed by atoms with E-state index in [9.17, 15) is 9.59 Å². The molecule has 1 aliphatic rings. The van der Waals surface area contributed by atoms with Gasteiger partial charge in [0.15, 0.2) is 15.8 Å². The van der Waals surface area contributed by atoms with Crippen LogP contribution in [0.15, 0.2) is 65.0 Å². The Morgan fingerprint density at radius 2 is 1.79 bits per heavy atom. The van der Waals surface area contributed by atoms with Gasteiger partial charge in [-0.1, -0.05) is 65.6 Å². The van der Waals surface area contributed by atoms with Gasteiger partial charge in [0.25, 0.3) is 0 Å². The summed E-state index contributed by atoms with van der Waals surface area (Å²) in [6.45, 7) is 0.181. The first-order valence-electron chi connectivity index (χ1n) is 10.1. The average Bonchev–Trinajstić information content (AvgIpc) is 3.47. The molecule has 4 aromatic rings. The van der Waals surface area contributed by atoms with E-state index in [1.165, 1.54) is 23.1 Å². The fourth-order valence-electron chi connectivity index (χ4n) is 3.40. The van der Waals surface area contributed by atoms with Gasteiger partial charge in [-0.05, 0) is 28.5 Å². The number of amides is 2. The summed E-state index contributed by atoms with van der Waals surface area (Å²) in [6, 6.07) is 19.1. The Morgan fingerprint density at radius 3 is 2.73 bits per heavy atom. The minimum atomic E-state index is -0.185. The normalized spacial score (nSPS) is 12.0. The molecule has 8 nitrogen and oxygen atoms in total. The molecule has 0 spiro atoms. The van der Waals surface area contributed by atoms with Crippen LogP contribution in [0.5, 0.6) is 11.5 Å². The maximum absolute atomic E-state index is 12.5. The summed E-state index contributed by atoms with van der Waals surface area (Å²) in [7, 11) is 0. The van der Waals surface area contributed by atoms with Gasteiger partial charge in [0.2, 0.25) is 23.7 Å². The van der Waals surface area contributed by atoms with Crippen LogP contribution in [-0.4, -0.2) is 34.6 Å². The Labute approximate surface area is 197 Å². The monoisotopic (exact) mass is 478 g/mol. The Hall–Kier alpha value is -3.63. The van der Waals surface area contributed by atoms with Crippen LogP contribution < -0.4 is 20.1 Å². The first kappa shape index (κ1) is 21.2. The van der Waals surface area contributed by atoms with E-state index in [4.69, 9.17) is 9.47 Å². The summed E-state index contributed by atoms with van der Waals surface area (Å²) in [5.41, 5.74) is 1.58. The van der Waals surface area contributed by atoms with Gasteiger partial charge in [-0.3, -0.25) is 9.59 Å². The number of rotatable bonds is 7. The smallest absolute Gasteiger partial charge is 0.234 e. The third-order valence-corrected chi connectivity index (χ3v) is 6.84. The molecule has 0 bridgehead atoms. The van der Waals surface area contributed by atoms with Crippen LogP contribution in [-0.2, 0) is 16.0 Å². The lowest BCUT2D eigenvalue weighted by Crippen LogP contribution is -2.14. The van der Waals surface area contributed by atoms with Crippen molar-refractivity contribution in [3.05, 3.63) is 66.2 Å². The van der Waals surface area contributed by atoms with Crippen LogP contribution in [0.25, 0.3) is 10.8 Å². The van der Waals surface area contributed by atoms with Crippen molar-refractivity contribution in [1.82, 2.24) is 10.2 Å². The van der Waals surface area contributed by atoms with E-state index in [2.05, 4.69) is 20.8 Å². The van der Waals surface area contributed by atoms with Crippen LogP contribution in [0.1, 0.15) is 5.56 Å². The number of carbonyl (C=O) groups is 2. The SMILES string of the molecule is O=C(CSc1nnc(NC(=O)Cc2cccc3ccccc23)s1)Nc1ccc2c(c1)OCO2. The van der Waals surface area contributed by atoms with E-state index in [0.29, 0.717) is 26.7 Å². The van der Waals surface area contributed by atoms with Crippen molar-refractivity contribution in [1.29, 1.82) is 0 Å². The predicted molar refractivity (Wildman–Crippen MR) is 128 cm³/mol. The number of ether oxygens (including phenoxy) is 2. The van der Waals surface area contributed by atoms with Crippen molar-refractivity contribution in [3.63, 3.8) is 0 Å². The first-order valence-corrected chi connectivity index (χ1v) is 11.9. The van der Waals surface area contributed by atoms with Gasteiger partial charge in [-0.25, -0.2) is 0 Å². The number of fused-ring (bicyclic) bond motifs is 2. The number of benzene rings is 3. The Morgan fingerprint density at radius 1 is 0.939 bits per heavy atom. The third-order valence-electron chi connectivity index (χ3n) is 4.87. The molecule has 5 rings (SSSR count). The van der Waals surface area contributed by atoms with E-state index in [1.54, 1.807) is 18.2 Å². The zero-order valence-electron chi connectivity index (χ0n) is 17.2. The number of nitrogens with one attached hydrogen (secondary N) is 2. The third kappa shape index (κ3) is 5.07. The van der Waals surface area contributed by atoms with Crippen molar-refractivity contribution in [3.8, 4) is 11.5 Å². The molecule has 2 amide bonds. The Kier molecular flexibility index (Phi) is 6.09. The van der Waals surface area contributed by atoms with Gasteiger partial charge in [-0.15, -0.1) is 10.2 Å². The van der Waals surface area contributed by atoms with Gasteiger partial charge in [-0.2, -0.15) is 0 Å². The summed E-state index contributed by atoms with van der Waals surface area (Å²) in [4.78, 5) is 24.8. The molecule has 0 aliphatic carbocycles. The molecule has 0 saturated carbocycles. The van der Waals surface area contributed by atoms with Crippen molar-refractivity contribution in [2.75, 3.05) is 23.2 Å². The van der Waals surface area contributed by atoms with Crippen molar-refractivity contribution in [2.45, 2.75) is 10.8 Å². The molecule has 0 radical (unpaired) electrons. The maximum atomic E-state index is 12.5. The zero-order chi connectivity index (χ0) is 22.6. The lowest BCUT2D eigenvalue weighted by molar-refractivity contribution is -0.115. The van der Waals surface area contributed by atoms with Crippen LogP contribution in [0.4, 0.5) is 10.8 Å². The second-order valence-corrected chi connectivity index (χ2v) is 9.34. The Bertz CT molecular complexity index is 1340. The molecule has 0 atom stereocenters. The topological polar surface area (TPSA) is 102 Å². The van der Waals surface area contributed by atoms with E-state index in [1.807, 2.05) is 42.5 Å². The Balaban J connectivity index is 1.13. The van der Waals surface area contributed by atoms with Crippen LogP contribution in [0.3, 0.4) is 0 Å². The number of hydrogen-bond donors (Lipinski definition) is 2. The number of anilines is 2. The summed E-state index contributed by atoms with van der Waals surface area (Å²) in [5.74, 6) is 1.07. The molecule has 0 fully saturated rings. The largest absolute Gasteiger partial charge is 0.454 e. The van der Waals surface area contributed by atoms with Crippen molar-refractivity contribution >= 4 is 56.5 Å². The zero-order valence-corrected chi connectivity index (χ0v) is 18.9. The lowest BCUT2D eigenvalue weighted by Gasteiger charge is -2.06. The van der Waals surface area contributed by atoms with Gasteiger partial charge < -0.3 is 20.1 Å². The highest BCUT2D eigenvalue weighted by Crippen LogP contribution is 2.34. The molecular formula is C23H18N4O4S2. The maximum Gasteiger partial charge on any atom is 0.234 e. The highest BCUT2D eigenvalue weighted by Gasteiger charge is 2.15. The standard InChI is InChI=1S/C23H18N4O4S2/c28-20(10-15-6-3-5-14-4-1-2-7-17(14)15)25-22-26-27-23(33-22)32-12-21(29)24-16-8-9-18-19(11-16)31-13-30-18/h1-9,11H,10,12-13H2,(H,24,29)(H,25,26,28). The molecule has 2 heterocycles. The first-order chi connectivity index (χ1) is 16.1. The van der Waals surface area contributed by atoms with Crippen LogP contribution in [0.2, 0.25) is 0 Å². The molecule has 33 heavy (non-hydrogen) atoms.